The molecule has 0 heterocycles. The van der Waals surface area contributed by atoms with Gasteiger partial charge >= 0.3 is 0 Å². The summed E-state index contributed by atoms with van der Waals surface area (Å²) >= 11 is 0. The van der Waals surface area contributed by atoms with Crippen LogP contribution >= 0.6 is 0 Å². The molecular formula is C11H18N2O. The van der Waals surface area contributed by atoms with Crippen molar-refractivity contribution in [3.8, 4) is 0 Å². The highest BCUT2D eigenvalue weighted by Crippen LogP contribution is 2.11. The second kappa shape index (κ2) is 5.10. The lowest BCUT2D eigenvalue weighted by Gasteiger charge is -2.09. The van der Waals surface area contributed by atoms with Gasteiger partial charge in [0.05, 0.1) is 6.10 Å². The van der Waals surface area contributed by atoms with Crippen molar-refractivity contribution >= 4 is 0 Å². The molecule has 0 saturated carbocycles. The summed E-state index contributed by atoms with van der Waals surface area (Å²) in [6.45, 7) is 2.80. The Labute approximate surface area is 84.7 Å². The molecule has 0 aliphatic carbocycles. The van der Waals surface area contributed by atoms with Crippen LogP contribution in [0.15, 0.2) is 18.2 Å². The number of rotatable bonds is 4. The maximum absolute atomic E-state index is 9.27. The molecule has 1 atom stereocenters. The van der Waals surface area contributed by atoms with E-state index in [1.165, 1.54) is 0 Å². The van der Waals surface area contributed by atoms with Crippen LogP contribution in [0.1, 0.15) is 23.6 Å². The van der Waals surface area contributed by atoms with Crippen LogP contribution in [-0.4, -0.2) is 11.2 Å². The highest BCUT2D eigenvalue weighted by atomic mass is 16.3. The van der Waals surface area contributed by atoms with Crippen LogP contribution in [0.4, 0.5) is 0 Å². The predicted molar refractivity (Wildman–Crippen MR) is 57.6 cm³/mol. The van der Waals surface area contributed by atoms with E-state index in [2.05, 4.69) is 0 Å². The smallest absolute Gasteiger partial charge is 0.0552 e. The third-order valence-electron chi connectivity index (χ3n) is 2.11. The van der Waals surface area contributed by atoms with Gasteiger partial charge in [0.1, 0.15) is 0 Å². The van der Waals surface area contributed by atoms with E-state index in [-0.39, 0.29) is 6.10 Å². The largest absolute Gasteiger partial charge is 0.393 e. The molecule has 0 spiro atoms. The van der Waals surface area contributed by atoms with Crippen molar-refractivity contribution in [2.75, 3.05) is 0 Å². The molecule has 5 N–H and O–H groups in total. The number of aliphatic hydroxyl groups excluding tert-OH is 1. The molecule has 0 aromatic heterocycles. The Morgan fingerprint density at radius 1 is 1.07 bits per heavy atom. The van der Waals surface area contributed by atoms with Gasteiger partial charge in [-0.25, -0.2) is 0 Å². The zero-order valence-corrected chi connectivity index (χ0v) is 8.53. The van der Waals surface area contributed by atoms with Gasteiger partial charge in [-0.3, -0.25) is 0 Å². The van der Waals surface area contributed by atoms with E-state index in [0.717, 1.165) is 16.7 Å². The van der Waals surface area contributed by atoms with Crippen molar-refractivity contribution < 1.29 is 5.11 Å². The van der Waals surface area contributed by atoms with Gasteiger partial charge in [0.25, 0.3) is 0 Å². The molecule has 3 heteroatoms. The Hall–Kier alpha value is -0.900. The first-order chi connectivity index (χ1) is 6.65. The fraction of sp³-hybridized carbons (Fsp3) is 0.455. The average molecular weight is 194 g/mol. The van der Waals surface area contributed by atoms with Crippen LogP contribution in [0.25, 0.3) is 0 Å². The summed E-state index contributed by atoms with van der Waals surface area (Å²) in [5, 5.41) is 9.27. The van der Waals surface area contributed by atoms with E-state index in [4.69, 9.17) is 11.5 Å². The topological polar surface area (TPSA) is 72.3 Å². The van der Waals surface area contributed by atoms with Crippen molar-refractivity contribution in [2.45, 2.75) is 32.5 Å². The maximum atomic E-state index is 9.27. The SMILES string of the molecule is CC(O)Cc1cc(CN)cc(CN)c1. The zero-order chi connectivity index (χ0) is 10.6. The molecule has 14 heavy (non-hydrogen) atoms. The summed E-state index contributed by atoms with van der Waals surface area (Å²) in [5.41, 5.74) is 14.4. The van der Waals surface area contributed by atoms with Crippen LogP contribution < -0.4 is 11.5 Å². The zero-order valence-electron chi connectivity index (χ0n) is 8.53. The van der Waals surface area contributed by atoms with Gasteiger partial charge in [-0.05, 0) is 30.0 Å². The van der Waals surface area contributed by atoms with Crippen LogP contribution in [0.3, 0.4) is 0 Å². The second-order valence-corrected chi connectivity index (χ2v) is 3.62. The van der Waals surface area contributed by atoms with Gasteiger partial charge in [0.2, 0.25) is 0 Å². The van der Waals surface area contributed by atoms with Gasteiger partial charge in [0, 0.05) is 13.1 Å². The van der Waals surface area contributed by atoms with Gasteiger partial charge < -0.3 is 16.6 Å². The minimum absolute atomic E-state index is 0.325. The summed E-state index contributed by atoms with van der Waals surface area (Å²) < 4.78 is 0. The van der Waals surface area contributed by atoms with E-state index in [1.54, 1.807) is 6.92 Å². The Kier molecular flexibility index (Phi) is 4.07. The first-order valence-corrected chi connectivity index (χ1v) is 4.85. The number of hydrogen-bond donors (Lipinski definition) is 3. The third-order valence-corrected chi connectivity index (χ3v) is 2.11. The molecule has 0 aliphatic rings. The molecule has 0 amide bonds. The van der Waals surface area contributed by atoms with Gasteiger partial charge in [-0.1, -0.05) is 18.2 Å². The van der Waals surface area contributed by atoms with Gasteiger partial charge in [-0.15, -0.1) is 0 Å². The minimum atomic E-state index is -0.325. The van der Waals surface area contributed by atoms with Crippen molar-refractivity contribution in [3.63, 3.8) is 0 Å². The monoisotopic (exact) mass is 194 g/mol. The van der Waals surface area contributed by atoms with Crippen LogP contribution in [0.5, 0.6) is 0 Å². The van der Waals surface area contributed by atoms with Crippen molar-refractivity contribution in [1.82, 2.24) is 0 Å². The normalized spacial score (nSPS) is 12.9. The summed E-state index contributed by atoms with van der Waals surface area (Å²) in [6, 6.07) is 6.04. The quantitative estimate of drug-likeness (QED) is 0.654. The van der Waals surface area contributed by atoms with Crippen molar-refractivity contribution in [1.29, 1.82) is 0 Å². The molecule has 0 bridgehead atoms. The first kappa shape index (κ1) is 11.2. The molecule has 1 aromatic rings. The first-order valence-electron chi connectivity index (χ1n) is 4.85. The van der Waals surface area contributed by atoms with E-state index in [1.807, 2.05) is 18.2 Å². The minimum Gasteiger partial charge on any atom is -0.393 e. The highest BCUT2D eigenvalue weighted by molar-refractivity contribution is 5.30. The summed E-state index contributed by atoms with van der Waals surface area (Å²) in [4.78, 5) is 0. The standard InChI is InChI=1S/C11H18N2O/c1-8(14)2-9-3-10(6-12)5-11(4-9)7-13/h3-5,8,14H,2,6-7,12-13H2,1H3. The number of nitrogens with two attached hydrogens (primary N) is 2. The predicted octanol–water partition coefficient (Wildman–Crippen LogP) is 0.527. The van der Waals surface area contributed by atoms with E-state index in [9.17, 15) is 5.11 Å². The summed E-state index contributed by atoms with van der Waals surface area (Å²) in [5.74, 6) is 0. The molecule has 1 unspecified atom stereocenters. The fourth-order valence-corrected chi connectivity index (χ4v) is 1.53. The molecule has 1 aromatic carbocycles. The molecule has 78 valence electrons. The van der Waals surface area contributed by atoms with Crippen molar-refractivity contribution in [3.05, 3.63) is 34.9 Å². The molecule has 1 rings (SSSR count). The Balaban J connectivity index is 2.92. The maximum Gasteiger partial charge on any atom is 0.0552 e. The lowest BCUT2D eigenvalue weighted by atomic mass is 10.0. The van der Waals surface area contributed by atoms with Crippen LogP contribution in [-0.2, 0) is 19.5 Å². The fourth-order valence-electron chi connectivity index (χ4n) is 1.53. The third kappa shape index (κ3) is 3.10. The van der Waals surface area contributed by atoms with Crippen LogP contribution in [0.2, 0.25) is 0 Å². The number of aliphatic hydroxyl groups is 1. The number of benzene rings is 1. The molecule has 0 fully saturated rings. The van der Waals surface area contributed by atoms with Crippen LogP contribution in [0, 0.1) is 0 Å². The van der Waals surface area contributed by atoms with E-state index in [0.29, 0.717) is 19.5 Å². The Morgan fingerprint density at radius 2 is 1.50 bits per heavy atom. The van der Waals surface area contributed by atoms with Gasteiger partial charge in [0.15, 0.2) is 0 Å². The second-order valence-electron chi connectivity index (χ2n) is 3.62. The Bertz CT molecular complexity index is 275. The number of hydrogen-bond acceptors (Lipinski definition) is 3. The molecular weight excluding hydrogens is 176 g/mol. The lowest BCUT2D eigenvalue weighted by Crippen LogP contribution is -2.08. The highest BCUT2D eigenvalue weighted by Gasteiger charge is 2.02. The Morgan fingerprint density at radius 3 is 1.86 bits per heavy atom. The molecule has 0 radical (unpaired) electrons. The van der Waals surface area contributed by atoms with Crippen molar-refractivity contribution in [2.24, 2.45) is 11.5 Å². The summed E-state index contributed by atoms with van der Waals surface area (Å²) in [7, 11) is 0. The molecule has 0 aliphatic heterocycles. The van der Waals surface area contributed by atoms with E-state index < -0.39 is 0 Å². The summed E-state index contributed by atoms with van der Waals surface area (Å²) in [6.07, 6.45) is 0.328. The van der Waals surface area contributed by atoms with Gasteiger partial charge in [-0.2, -0.15) is 0 Å². The lowest BCUT2D eigenvalue weighted by molar-refractivity contribution is 0.195. The molecule has 3 nitrogen and oxygen atoms in total. The average Bonchev–Trinajstić information content (AvgIpc) is 2.16. The molecule has 0 saturated heterocycles. The van der Waals surface area contributed by atoms with E-state index >= 15 is 0 Å².